The Balaban J connectivity index is 1.34. The third-order valence-corrected chi connectivity index (χ3v) is 6.85. The third kappa shape index (κ3) is 4.80. The highest BCUT2D eigenvalue weighted by Gasteiger charge is 2.35. The van der Waals surface area contributed by atoms with Crippen molar-refractivity contribution in [3.63, 3.8) is 0 Å². The Labute approximate surface area is 185 Å². The summed E-state index contributed by atoms with van der Waals surface area (Å²) in [4.78, 5) is 27.5. The Morgan fingerprint density at radius 1 is 1.27 bits per heavy atom. The number of aromatic nitrogens is 2. The molecule has 154 valence electrons. The van der Waals surface area contributed by atoms with Gasteiger partial charge in [-0.05, 0) is 30.3 Å². The minimum Gasteiger partial charge on any atom is -0.312 e. The largest absolute Gasteiger partial charge is 0.312 e. The van der Waals surface area contributed by atoms with E-state index in [0.717, 1.165) is 9.90 Å². The number of carbonyl (C=O) groups is 2. The zero-order valence-electron chi connectivity index (χ0n) is 15.5. The summed E-state index contributed by atoms with van der Waals surface area (Å²) >= 11 is 8.75. The van der Waals surface area contributed by atoms with Gasteiger partial charge in [0.1, 0.15) is 10.8 Å². The zero-order valence-corrected chi connectivity index (χ0v) is 17.9. The van der Waals surface area contributed by atoms with Gasteiger partial charge in [0.2, 0.25) is 16.9 Å². The minimum atomic E-state index is -0.557. The van der Waals surface area contributed by atoms with Crippen molar-refractivity contribution in [1.82, 2.24) is 10.2 Å². The van der Waals surface area contributed by atoms with Crippen LogP contribution >= 0.6 is 34.7 Å². The molecule has 4 rings (SSSR count). The van der Waals surface area contributed by atoms with Gasteiger partial charge in [0, 0.05) is 23.5 Å². The van der Waals surface area contributed by atoms with Gasteiger partial charge in [-0.15, -0.1) is 22.0 Å². The Morgan fingerprint density at radius 2 is 2.07 bits per heavy atom. The van der Waals surface area contributed by atoms with Gasteiger partial charge >= 0.3 is 0 Å². The summed E-state index contributed by atoms with van der Waals surface area (Å²) in [6.45, 7) is 0.197. The van der Waals surface area contributed by atoms with Crippen LogP contribution in [-0.4, -0.2) is 28.6 Å². The molecule has 2 aromatic carbocycles. The Morgan fingerprint density at radius 3 is 2.83 bits per heavy atom. The third-order valence-electron chi connectivity index (χ3n) is 4.51. The van der Waals surface area contributed by atoms with Crippen LogP contribution in [0.5, 0.6) is 0 Å². The molecule has 1 atom stereocenters. The molecule has 1 aromatic heterocycles. The average Bonchev–Trinajstić information content (AvgIpc) is 3.36. The molecule has 1 fully saturated rings. The molecule has 0 aliphatic carbocycles. The molecule has 2 heterocycles. The number of benzene rings is 2. The summed E-state index contributed by atoms with van der Waals surface area (Å²) in [5.74, 6) is -0.947. The maximum Gasteiger partial charge on any atom is 0.231 e. The predicted octanol–water partition coefficient (Wildman–Crippen LogP) is 4.61. The fourth-order valence-electron chi connectivity index (χ4n) is 3.02. The van der Waals surface area contributed by atoms with Gasteiger partial charge in [-0.25, -0.2) is 4.39 Å². The zero-order chi connectivity index (χ0) is 21.1. The second kappa shape index (κ2) is 9.11. The molecule has 1 aliphatic heterocycles. The summed E-state index contributed by atoms with van der Waals surface area (Å²) in [6.07, 6.45) is 0.0658. The van der Waals surface area contributed by atoms with Crippen molar-refractivity contribution in [1.29, 1.82) is 0 Å². The first kappa shape index (κ1) is 20.8. The lowest BCUT2D eigenvalue weighted by molar-refractivity contribution is -0.122. The molecule has 3 aromatic rings. The number of hydrogen-bond acceptors (Lipinski definition) is 6. The van der Waals surface area contributed by atoms with Gasteiger partial charge in [0.25, 0.3) is 0 Å². The van der Waals surface area contributed by atoms with Crippen molar-refractivity contribution in [3.8, 4) is 0 Å². The number of thioether (sulfide) groups is 1. The normalized spacial score (nSPS) is 16.1. The van der Waals surface area contributed by atoms with Gasteiger partial charge < -0.3 is 10.2 Å². The van der Waals surface area contributed by atoms with Crippen LogP contribution in [-0.2, 0) is 15.3 Å². The van der Waals surface area contributed by atoms with E-state index in [1.165, 1.54) is 34.4 Å². The van der Waals surface area contributed by atoms with Crippen LogP contribution in [0.4, 0.5) is 15.2 Å². The molecule has 0 saturated carbocycles. The number of rotatable bonds is 6. The van der Waals surface area contributed by atoms with Gasteiger partial charge in [0.15, 0.2) is 0 Å². The fraction of sp³-hybridized carbons (Fsp3) is 0.200. The summed E-state index contributed by atoms with van der Waals surface area (Å²) in [6, 6.07) is 14.0. The molecule has 0 spiro atoms. The van der Waals surface area contributed by atoms with Crippen LogP contribution in [0.15, 0.2) is 53.4 Å². The Kier molecular flexibility index (Phi) is 6.31. The van der Waals surface area contributed by atoms with Crippen LogP contribution < -0.4 is 10.2 Å². The lowest BCUT2D eigenvalue weighted by Gasteiger charge is -2.17. The number of halogens is 2. The van der Waals surface area contributed by atoms with E-state index in [2.05, 4.69) is 15.5 Å². The second-order valence-corrected chi connectivity index (χ2v) is 9.11. The van der Waals surface area contributed by atoms with Crippen molar-refractivity contribution in [2.75, 3.05) is 16.8 Å². The average molecular weight is 463 g/mol. The van der Waals surface area contributed by atoms with E-state index in [9.17, 15) is 14.0 Å². The molecule has 2 amide bonds. The fourth-order valence-corrected chi connectivity index (χ4v) is 4.84. The topological polar surface area (TPSA) is 75.2 Å². The summed E-state index contributed by atoms with van der Waals surface area (Å²) in [7, 11) is 0. The molecule has 0 bridgehead atoms. The first-order valence-corrected chi connectivity index (χ1v) is 11.2. The molecule has 30 heavy (non-hydrogen) atoms. The van der Waals surface area contributed by atoms with Crippen LogP contribution in [0.3, 0.4) is 0 Å². The lowest BCUT2D eigenvalue weighted by atomic mass is 10.1. The Hall–Kier alpha value is -2.49. The van der Waals surface area contributed by atoms with Crippen molar-refractivity contribution in [2.24, 2.45) is 5.92 Å². The highest BCUT2D eigenvalue weighted by atomic mass is 35.5. The molecule has 1 unspecified atom stereocenters. The first-order chi connectivity index (χ1) is 14.5. The summed E-state index contributed by atoms with van der Waals surface area (Å²) in [5, 5.41) is 12.0. The van der Waals surface area contributed by atoms with E-state index >= 15 is 0 Å². The van der Waals surface area contributed by atoms with E-state index in [1.807, 2.05) is 30.3 Å². The van der Waals surface area contributed by atoms with Gasteiger partial charge in [0.05, 0.1) is 16.7 Å². The molecular formula is C20H16ClFN4O2S2. The number of carbonyl (C=O) groups excluding carboxylic acids is 2. The van der Waals surface area contributed by atoms with E-state index in [-0.39, 0.29) is 29.8 Å². The second-order valence-electron chi connectivity index (χ2n) is 6.60. The molecule has 6 nitrogen and oxygen atoms in total. The van der Waals surface area contributed by atoms with Crippen molar-refractivity contribution in [2.45, 2.75) is 17.1 Å². The number of nitrogens with zero attached hydrogens (tertiary/aromatic N) is 3. The highest BCUT2D eigenvalue weighted by Crippen LogP contribution is 2.30. The number of amides is 2. The lowest BCUT2D eigenvalue weighted by Crippen LogP contribution is -2.28. The standard InChI is InChI=1S/C20H16ClFN4O2S2/c21-15-9-13(6-7-16(15)22)26-10-12(8-18(26)27)19(28)23-20-25-24-17(30-20)11-29-14-4-2-1-3-5-14/h1-7,9,12H,8,10-11H2,(H,23,25,28). The molecular weight excluding hydrogens is 447 g/mol. The van der Waals surface area contributed by atoms with Crippen molar-refractivity contribution >= 4 is 57.3 Å². The van der Waals surface area contributed by atoms with Crippen LogP contribution in [0, 0.1) is 11.7 Å². The minimum absolute atomic E-state index is 0.0658. The van der Waals surface area contributed by atoms with Gasteiger partial charge in [-0.1, -0.05) is 41.1 Å². The molecule has 1 aliphatic rings. The number of nitrogens with one attached hydrogen (secondary N) is 1. The van der Waals surface area contributed by atoms with Crippen LogP contribution in [0.1, 0.15) is 11.4 Å². The molecule has 1 saturated heterocycles. The summed E-state index contributed by atoms with van der Waals surface area (Å²) in [5.41, 5.74) is 0.470. The Bertz CT molecular complexity index is 1080. The van der Waals surface area contributed by atoms with E-state index in [1.54, 1.807) is 11.8 Å². The van der Waals surface area contributed by atoms with Crippen LogP contribution in [0.2, 0.25) is 5.02 Å². The van der Waals surface area contributed by atoms with Crippen LogP contribution in [0.25, 0.3) is 0 Å². The van der Waals surface area contributed by atoms with E-state index in [4.69, 9.17) is 11.6 Å². The first-order valence-electron chi connectivity index (χ1n) is 9.06. The molecule has 0 radical (unpaired) electrons. The van der Waals surface area contributed by atoms with E-state index in [0.29, 0.717) is 16.6 Å². The predicted molar refractivity (Wildman–Crippen MR) is 116 cm³/mol. The van der Waals surface area contributed by atoms with Gasteiger partial charge in [-0.3, -0.25) is 9.59 Å². The van der Waals surface area contributed by atoms with Crippen molar-refractivity contribution < 1.29 is 14.0 Å². The molecule has 1 N–H and O–H groups in total. The summed E-state index contributed by atoms with van der Waals surface area (Å²) < 4.78 is 13.4. The highest BCUT2D eigenvalue weighted by molar-refractivity contribution is 7.98. The molecule has 10 heteroatoms. The van der Waals surface area contributed by atoms with Gasteiger partial charge in [-0.2, -0.15) is 0 Å². The quantitative estimate of drug-likeness (QED) is 0.541. The number of hydrogen-bond donors (Lipinski definition) is 1. The maximum absolute atomic E-state index is 13.4. The van der Waals surface area contributed by atoms with Crippen molar-refractivity contribution in [3.05, 3.63) is 64.4 Å². The maximum atomic E-state index is 13.4. The smallest absolute Gasteiger partial charge is 0.231 e. The SMILES string of the molecule is O=C(Nc1nnc(CSc2ccccc2)s1)C1CC(=O)N(c2ccc(F)c(Cl)c2)C1. The monoisotopic (exact) mass is 462 g/mol. The number of anilines is 2. The van der Waals surface area contributed by atoms with E-state index < -0.39 is 11.7 Å².